The van der Waals surface area contributed by atoms with Crippen LogP contribution in [0.2, 0.25) is 0 Å². The van der Waals surface area contributed by atoms with Crippen LogP contribution in [-0.4, -0.2) is 28.4 Å². The quantitative estimate of drug-likeness (QED) is 0.643. The maximum Gasteiger partial charge on any atom is 0.277 e. The van der Waals surface area contributed by atoms with Gasteiger partial charge in [0.05, 0.1) is 5.75 Å². The van der Waals surface area contributed by atoms with Crippen molar-refractivity contribution >= 4 is 35.5 Å². The van der Waals surface area contributed by atoms with Crippen LogP contribution in [0.1, 0.15) is 17.0 Å². The molecule has 0 saturated heterocycles. The van der Waals surface area contributed by atoms with Crippen LogP contribution in [0.25, 0.3) is 12.2 Å². The van der Waals surface area contributed by atoms with Gasteiger partial charge in [-0.1, -0.05) is 60.3 Å². The zero-order chi connectivity index (χ0) is 17.8. The standard InChI is InChI=1S/C20H17N3O2S/c24-19(23-13-12-16-8-4-5-9-17(16)23)14-26-20-22-21-18(25-20)11-10-15-6-2-1-3-7-15/h1-11H,12-14H2/b11-10+. The molecule has 2 aromatic carbocycles. The van der Waals surface area contributed by atoms with Crippen molar-refractivity contribution in [3.8, 4) is 0 Å². The summed E-state index contributed by atoms with van der Waals surface area (Å²) >= 11 is 1.27. The Bertz CT molecular complexity index is 937. The number of fused-ring (bicyclic) bond motifs is 1. The topological polar surface area (TPSA) is 59.2 Å². The van der Waals surface area contributed by atoms with E-state index in [0.717, 1.165) is 24.2 Å². The van der Waals surface area contributed by atoms with Crippen LogP contribution in [0, 0.1) is 0 Å². The summed E-state index contributed by atoms with van der Waals surface area (Å²) in [5, 5.41) is 8.39. The maximum absolute atomic E-state index is 12.5. The van der Waals surface area contributed by atoms with Crippen LogP contribution in [0.15, 0.2) is 64.2 Å². The fourth-order valence-corrected chi connectivity index (χ4v) is 3.52. The van der Waals surface area contributed by atoms with Crippen molar-refractivity contribution in [1.82, 2.24) is 10.2 Å². The van der Waals surface area contributed by atoms with Crippen LogP contribution >= 0.6 is 11.8 Å². The predicted molar refractivity (Wildman–Crippen MR) is 103 cm³/mol. The molecule has 6 heteroatoms. The lowest BCUT2D eigenvalue weighted by atomic mass is 10.2. The normalized spacial score (nSPS) is 13.3. The number of aromatic nitrogens is 2. The van der Waals surface area contributed by atoms with E-state index in [9.17, 15) is 4.79 Å². The molecule has 26 heavy (non-hydrogen) atoms. The van der Waals surface area contributed by atoms with Crippen molar-refractivity contribution < 1.29 is 9.21 Å². The zero-order valence-corrected chi connectivity index (χ0v) is 14.9. The molecule has 0 radical (unpaired) electrons. The first-order chi connectivity index (χ1) is 12.8. The van der Waals surface area contributed by atoms with Gasteiger partial charge in [0.25, 0.3) is 5.22 Å². The Morgan fingerprint density at radius 2 is 1.88 bits per heavy atom. The second-order valence-electron chi connectivity index (χ2n) is 5.86. The third kappa shape index (κ3) is 3.70. The molecule has 0 unspecified atom stereocenters. The molecule has 0 fully saturated rings. The number of carbonyl (C=O) groups is 1. The number of thioether (sulfide) groups is 1. The van der Waals surface area contributed by atoms with Gasteiger partial charge in [0, 0.05) is 18.3 Å². The summed E-state index contributed by atoms with van der Waals surface area (Å²) in [6.07, 6.45) is 4.58. The minimum absolute atomic E-state index is 0.0551. The summed E-state index contributed by atoms with van der Waals surface area (Å²) < 4.78 is 5.57. The van der Waals surface area contributed by atoms with E-state index in [2.05, 4.69) is 16.3 Å². The molecule has 5 nitrogen and oxygen atoms in total. The Kier molecular flexibility index (Phi) is 4.84. The Labute approximate surface area is 155 Å². The SMILES string of the molecule is O=C(CSc1nnc(/C=C/c2ccccc2)o1)N1CCc2ccccc21. The van der Waals surface area contributed by atoms with Gasteiger partial charge in [-0.2, -0.15) is 0 Å². The molecule has 0 saturated carbocycles. The summed E-state index contributed by atoms with van der Waals surface area (Å²) in [4.78, 5) is 14.3. The van der Waals surface area contributed by atoms with E-state index in [0.29, 0.717) is 11.1 Å². The lowest BCUT2D eigenvalue weighted by Crippen LogP contribution is -2.30. The smallest absolute Gasteiger partial charge is 0.277 e. The van der Waals surface area contributed by atoms with Crippen molar-refractivity contribution in [3.05, 3.63) is 71.6 Å². The van der Waals surface area contributed by atoms with Gasteiger partial charge in [-0.3, -0.25) is 4.79 Å². The van der Waals surface area contributed by atoms with E-state index in [1.165, 1.54) is 17.3 Å². The highest BCUT2D eigenvalue weighted by Crippen LogP contribution is 2.28. The molecule has 0 bridgehead atoms. The van der Waals surface area contributed by atoms with Crippen molar-refractivity contribution in [1.29, 1.82) is 0 Å². The molecule has 1 aromatic heterocycles. The van der Waals surface area contributed by atoms with Gasteiger partial charge in [0.2, 0.25) is 11.8 Å². The van der Waals surface area contributed by atoms with Gasteiger partial charge in [-0.05, 0) is 29.7 Å². The highest BCUT2D eigenvalue weighted by molar-refractivity contribution is 7.99. The number of benzene rings is 2. The minimum Gasteiger partial charge on any atom is -0.412 e. The molecule has 0 N–H and O–H groups in total. The highest BCUT2D eigenvalue weighted by atomic mass is 32.2. The molecule has 0 aliphatic carbocycles. The second-order valence-corrected chi connectivity index (χ2v) is 6.79. The van der Waals surface area contributed by atoms with E-state index in [-0.39, 0.29) is 11.7 Å². The van der Waals surface area contributed by atoms with Crippen LogP contribution in [0.3, 0.4) is 0 Å². The van der Waals surface area contributed by atoms with Gasteiger partial charge in [0.15, 0.2) is 0 Å². The van der Waals surface area contributed by atoms with E-state index in [1.807, 2.05) is 59.5 Å². The van der Waals surface area contributed by atoms with Crippen LogP contribution in [-0.2, 0) is 11.2 Å². The minimum atomic E-state index is 0.0551. The number of carbonyl (C=O) groups excluding carboxylic acids is 1. The number of hydrogen-bond donors (Lipinski definition) is 0. The molecular weight excluding hydrogens is 346 g/mol. The number of anilines is 1. The van der Waals surface area contributed by atoms with Crippen molar-refractivity contribution in [2.75, 3.05) is 17.2 Å². The molecule has 3 aromatic rings. The van der Waals surface area contributed by atoms with E-state index < -0.39 is 0 Å². The lowest BCUT2D eigenvalue weighted by molar-refractivity contribution is -0.116. The third-order valence-electron chi connectivity index (χ3n) is 4.15. The van der Waals surface area contributed by atoms with Crippen molar-refractivity contribution in [2.24, 2.45) is 0 Å². The first kappa shape index (κ1) is 16.6. The molecule has 2 heterocycles. The molecular formula is C20H17N3O2S. The molecule has 1 aliphatic rings. The molecule has 0 atom stereocenters. The Morgan fingerprint density at radius 3 is 2.77 bits per heavy atom. The van der Waals surface area contributed by atoms with Crippen LogP contribution in [0.4, 0.5) is 5.69 Å². The first-order valence-corrected chi connectivity index (χ1v) is 9.36. The van der Waals surface area contributed by atoms with Crippen molar-refractivity contribution in [2.45, 2.75) is 11.6 Å². The molecule has 0 spiro atoms. The first-order valence-electron chi connectivity index (χ1n) is 8.37. The summed E-state index contributed by atoms with van der Waals surface area (Å²) in [6.45, 7) is 0.730. The second kappa shape index (κ2) is 7.58. The Morgan fingerprint density at radius 1 is 1.08 bits per heavy atom. The summed E-state index contributed by atoms with van der Waals surface area (Å²) in [5.41, 5.74) is 3.29. The maximum atomic E-state index is 12.5. The number of nitrogens with zero attached hydrogens (tertiary/aromatic N) is 3. The van der Waals surface area contributed by atoms with Gasteiger partial charge >= 0.3 is 0 Å². The van der Waals surface area contributed by atoms with Gasteiger partial charge in [0.1, 0.15) is 0 Å². The van der Waals surface area contributed by atoms with E-state index in [4.69, 9.17) is 4.42 Å². The summed E-state index contributed by atoms with van der Waals surface area (Å²) in [6, 6.07) is 17.9. The van der Waals surface area contributed by atoms with Crippen LogP contribution < -0.4 is 4.90 Å². The van der Waals surface area contributed by atoms with Crippen LogP contribution in [0.5, 0.6) is 0 Å². The molecule has 4 rings (SSSR count). The summed E-state index contributed by atoms with van der Waals surface area (Å²) in [5.74, 6) is 0.757. The number of para-hydroxylation sites is 1. The fraction of sp³-hybridized carbons (Fsp3) is 0.150. The number of amides is 1. The summed E-state index contributed by atoms with van der Waals surface area (Å²) in [7, 11) is 0. The Balaban J connectivity index is 1.35. The number of hydrogen-bond acceptors (Lipinski definition) is 5. The lowest BCUT2D eigenvalue weighted by Gasteiger charge is -2.16. The van der Waals surface area contributed by atoms with E-state index >= 15 is 0 Å². The average Bonchev–Trinajstić information content (AvgIpc) is 3.32. The monoisotopic (exact) mass is 363 g/mol. The number of rotatable bonds is 5. The van der Waals surface area contributed by atoms with Gasteiger partial charge in [-0.15, -0.1) is 10.2 Å². The third-order valence-corrected chi connectivity index (χ3v) is 4.95. The average molecular weight is 363 g/mol. The fourth-order valence-electron chi connectivity index (χ4n) is 2.88. The predicted octanol–water partition coefficient (Wildman–Crippen LogP) is 3.92. The molecule has 130 valence electrons. The van der Waals surface area contributed by atoms with Gasteiger partial charge in [-0.25, -0.2) is 0 Å². The van der Waals surface area contributed by atoms with Crippen molar-refractivity contribution in [3.63, 3.8) is 0 Å². The highest BCUT2D eigenvalue weighted by Gasteiger charge is 2.24. The molecule has 1 aliphatic heterocycles. The molecule has 1 amide bonds. The van der Waals surface area contributed by atoms with Gasteiger partial charge < -0.3 is 9.32 Å². The largest absolute Gasteiger partial charge is 0.412 e. The Hall–Kier alpha value is -2.86. The van der Waals surface area contributed by atoms with E-state index in [1.54, 1.807) is 6.08 Å². The zero-order valence-electron chi connectivity index (χ0n) is 14.0.